The van der Waals surface area contributed by atoms with Crippen LogP contribution in [0, 0.1) is 6.92 Å². The molecule has 0 aliphatic carbocycles. The van der Waals surface area contributed by atoms with Crippen LogP contribution < -0.4 is 4.74 Å². The molecule has 2 aliphatic rings. The maximum Gasteiger partial charge on any atom is 0.261 e. The van der Waals surface area contributed by atoms with E-state index in [2.05, 4.69) is 0 Å². The first-order valence-electron chi connectivity index (χ1n) is 10.8. The lowest BCUT2D eigenvalue weighted by molar-refractivity contribution is -0.0368. The molecule has 3 aromatic rings. The van der Waals surface area contributed by atoms with E-state index in [-0.39, 0.29) is 18.0 Å². The van der Waals surface area contributed by atoms with Gasteiger partial charge in [-0.2, -0.15) is 5.10 Å². The minimum absolute atomic E-state index is 0.00336. The molecular formula is C24H25N3O4. The summed E-state index contributed by atoms with van der Waals surface area (Å²) in [5, 5.41) is 5.74. The molecule has 0 bridgehead atoms. The quantitative estimate of drug-likeness (QED) is 0.444. The molecule has 0 N–H and O–H groups in total. The van der Waals surface area contributed by atoms with Crippen molar-refractivity contribution < 1.29 is 19.1 Å². The standard InChI is InChI=1S/C24H25N3O4/c1-16-20-15-17(10-11-21(20)27(25-16)22-9-4-5-13-31-22)30-14-6-12-26-23(28)18-7-2-3-8-19(18)24(26)29/h2-3,7-8,10-11,15,22H,4-6,9,12-14H2,1H3. The third-order valence-corrected chi connectivity index (χ3v) is 5.96. The zero-order chi connectivity index (χ0) is 21.4. The number of hydrogen-bond donors (Lipinski definition) is 0. The Balaban J connectivity index is 1.21. The van der Waals surface area contributed by atoms with Gasteiger partial charge in [0.25, 0.3) is 11.8 Å². The predicted molar refractivity (Wildman–Crippen MR) is 115 cm³/mol. The highest BCUT2D eigenvalue weighted by Gasteiger charge is 2.34. The fourth-order valence-electron chi connectivity index (χ4n) is 4.35. The van der Waals surface area contributed by atoms with Crippen molar-refractivity contribution >= 4 is 22.7 Å². The van der Waals surface area contributed by atoms with Crippen LogP contribution in [-0.2, 0) is 4.74 Å². The number of nitrogens with zero attached hydrogens (tertiary/aromatic N) is 3. The highest BCUT2D eigenvalue weighted by atomic mass is 16.5. The molecule has 0 spiro atoms. The second kappa shape index (κ2) is 8.15. The van der Waals surface area contributed by atoms with Crippen molar-refractivity contribution in [3.05, 3.63) is 59.3 Å². The van der Waals surface area contributed by atoms with E-state index >= 15 is 0 Å². The van der Waals surface area contributed by atoms with Gasteiger partial charge in [0.1, 0.15) is 5.75 Å². The van der Waals surface area contributed by atoms with Crippen LogP contribution in [0.25, 0.3) is 10.9 Å². The van der Waals surface area contributed by atoms with Gasteiger partial charge in [0.05, 0.1) is 28.9 Å². The minimum atomic E-state index is -0.227. The summed E-state index contributed by atoms with van der Waals surface area (Å²) in [6, 6.07) is 12.9. The Hall–Kier alpha value is -3.19. The van der Waals surface area contributed by atoms with Crippen LogP contribution in [0.4, 0.5) is 0 Å². The molecule has 1 aromatic heterocycles. The SMILES string of the molecule is Cc1nn(C2CCCCO2)c2ccc(OCCCN3C(=O)c4ccccc4C3=O)cc12. The summed E-state index contributed by atoms with van der Waals surface area (Å²) >= 11 is 0. The number of fused-ring (bicyclic) bond motifs is 2. The number of amides is 2. The topological polar surface area (TPSA) is 73.7 Å². The molecule has 1 saturated heterocycles. The zero-order valence-corrected chi connectivity index (χ0v) is 17.5. The van der Waals surface area contributed by atoms with Gasteiger partial charge in [0.2, 0.25) is 0 Å². The molecule has 1 unspecified atom stereocenters. The maximum absolute atomic E-state index is 12.4. The van der Waals surface area contributed by atoms with Crippen LogP contribution in [0.1, 0.15) is 58.3 Å². The smallest absolute Gasteiger partial charge is 0.261 e. The van der Waals surface area contributed by atoms with Crippen molar-refractivity contribution in [3.63, 3.8) is 0 Å². The molecule has 7 nitrogen and oxygen atoms in total. The van der Waals surface area contributed by atoms with E-state index in [1.807, 2.05) is 29.8 Å². The molecule has 0 saturated carbocycles. The van der Waals surface area contributed by atoms with Gasteiger partial charge in [0.15, 0.2) is 6.23 Å². The van der Waals surface area contributed by atoms with Crippen LogP contribution in [-0.4, -0.2) is 46.3 Å². The van der Waals surface area contributed by atoms with Gasteiger partial charge < -0.3 is 9.47 Å². The van der Waals surface area contributed by atoms with E-state index < -0.39 is 0 Å². The number of aromatic nitrogens is 2. The van der Waals surface area contributed by atoms with Crippen molar-refractivity contribution in [1.82, 2.24) is 14.7 Å². The lowest BCUT2D eigenvalue weighted by Gasteiger charge is -2.23. The molecule has 31 heavy (non-hydrogen) atoms. The van der Waals surface area contributed by atoms with E-state index in [1.54, 1.807) is 24.3 Å². The van der Waals surface area contributed by atoms with Crippen molar-refractivity contribution in [1.29, 1.82) is 0 Å². The molecule has 0 radical (unpaired) electrons. The molecule has 7 heteroatoms. The van der Waals surface area contributed by atoms with Crippen LogP contribution in [0.3, 0.4) is 0 Å². The second-order valence-corrected chi connectivity index (χ2v) is 8.04. The van der Waals surface area contributed by atoms with Crippen LogP contribution >= 0.6 is 0 Å². The molecule has 2 aliphatic heterocycles. The lowest BCUT2D eigenvalue weighted by atomic mass is 10.1. The van der Waals surface area contributed by atoms with Crippen LogP contribution in [0.5, 0.6) is 5.75 Å². The second-order valence-electron chi connectivity index (χ2n) is 8.04. The molecule has 3 heterocycles. The molecule has 1 fully saturated rings. The van der Waals surface area contributed by atoms with Gasteiger partial charge >= 0.3 is 0 Å². The number of ether oxygens (including phenoxy) is 2. The third kappa shape index (κ3) is 3.59. The Kier molecular flexibility index (Phi) is 5.19. The summed E-state index contributed by atoms with van der Waals surface area (Å²) in [5.41, 5.74) is 2.95. The van der Waals surface area contributed by atoms with E-state index in [0.29, 0.717) is 30.7 Å². The Bertz CT molecular complexity index is 1110. The summed E-state index contributed by atoms with van der Waals surface area (Å²) in [6.07, 6.45) is 3.80. The van der Waals surface area contributed by atoms with Crippen molar-refractivity contribution in [2.45, 2.75) is 38.8 Å². The fourth-order valence-corrected chi connectivity index (χ4v) is 4.35. The number of aryl methyl sites for hydroxylation is 1. The highest BCUT2D eigenvalue weighted by molar-refractivity contribution is 6.21. The molecule has 2 aromatic carbocycles. The Morgan fingerprint density at radius 3 is 2.58 bits per heavy atom. The van der Waals surface area contributed by atoms with Gasteiger partial charge in [-0.1, -0.05) is 12.1 Å². The largest absolute Gasteiger partial charge is 0.494 e. The van der Waals surface area contributed by atoms with E-state index in [1.165, 1.54) is 4.90 Å². The number of carbonyl (C=O) groups excluding carboxylic acids is 2. The average molecular weight is 419 g/mol. The number of carbonyl (C=O) groups is 2. The number of benzene rings is 2. The fraction of sp³-hybridized carbons (Fsp3) is 0.375. The summed E-state index contributed by atoms with van der Waals surface area (Å²) in [5.74, 6) is 0.298. The van der Waals surface area contributed by atoms with Crippen LogP contribution in [0.2, 0.25) is 0 Å². The first-order chi connectivity index (χ1) is 15.1. The van der Waals surface area contributed by atoms with Gasteiger partial charge in [0, 0.05) is 18.5 Å². The molecule has 2 amide bonds. The Morgan fingerprint density at radius 2 is 1.87 bits per heavy atom. The third-order valence-electron chi connectivity index (χ3n) is 5.96. The van der Waals surface area contributed by atoms with E-state index in [9.17, 15) is 9.59 Å². The number of imide groups is 1. The molecular weight excluding hydrogens is 394 g/mol. The Morgan fingerprint density at radius 1 is 1.10 bits per heavy atom. The number of rotatable bonds is 6. The normalized spacial score (nSPS) is 18.6. The zero-order valence-electron chi connectivity index (χ0n) is 17.5. The summed E-state index contributed by atoms with van der Waals surface area (Å²) in [7, 11) is 0. The lowest BCUT2D eigenvalue weighted by Crippen LogP contribution is -2.31. The van der Waals surface area contributed by atoms with Crippen LogP contribution in [0.15, 0.2) is 42.5 Å². The van der Waals surface area contributed by atoms with Gasteiger partial charge in [-0.05, 0) is 62.9 Å². The van der Waals surface area contributed by atoms with Crippen molar-refractivity contribution in [3.8, 4) is 5.75 Å². The monoisotopic (exact) mass is 419 g/mol. The Labute approximate surface area is 180 Å². The van der Waals surface area contributed by atoms with Crippen molar-refractivity contribution in [2.24, 2.45) is 0 Å². The molecule has 1 atom stereocenters. The maximum atomic E-state index is 12.4. The first kappa shape index (κ1) is 19.8. The van der Waals surface area contributed by atoms with Gasteiger partial charge in [-0.3, -0.25) is 14.5 Å². The summed E-state index contributed by atoms with van der Waals surface area (Å²) in [6.45, 7) is 3.52. The summed E-state index contributed by atoms with van der Waals surface area (Å²) < 4.78 is 13.8. The first-order valence-corrected chi connectivity index (χ1v) is 10.8. The predicted octanol–water partition coefficient (Wildman–Crippen LogP) is 4.11. The van der Waals surface area contributed by atoms with E-state index in [4.69, 9.17) is 14.6 Å². The van der Waals surface area contributed by atoms with Gasteiger partial charge in [-0.15, -0.1) is 0 Å². The number of hydrogen-bond acceptors (Lipinski definition) is 5. The average Bonchev–Trinajstić information content (AvgIpc) is 3.26. The molecule has 5 rings (SSSR count). The summed E-state index contributed by atoms with van der Waals surface area (Å²) in [4.78, 5) is 26.2. The molecule has 160 valence electrons. The minimum Gasteiger partial charge on any atom is -0.494 e. The van der Waals surface area contributed by atoms with Gasteiger partial charge in [-0.25, -0.2) is 4.68 Å². The van der Waals surface area contributed by atoms with E-state index in [0.717, 1.165) is 48.2 Å². The highest BCUT2D eigenvalue weighted by Crippen LogP contribution is 2.30. The van der Waals surface area contributed by atoms with Crippen molar-refractivity contribution in [2.75, 3.05) is 19.8 Å².